The Morgan fingerprint density at radius 2 is 1.27 bits per heavy atom. The largest absolute Gasteiger partial charge is 0.291 e. The summed E-state index contributed by atoms with van der Waals surface area (Å²) in [5, 5.41) is 5.17. The van der Waals surface area contributed by atoms with Crippen molar-refractivity contribution in [1.82, 2.24) is 9.55 Å². The lowest BCUT2D eigenvalue weighted by molar-refractivity contribution is 0.630. The Morgan fingerprint density at radius 3 is 2.00 bits per heavy atom. The van der Waals surface area contributed by atoms with Gasteiger partial charge in [0.2, 0.25) is 0 Å². The zero-order chi connectivity index (χ0) is 27.3. The second kappa shape index (κ2) is 9.54. The molecule has 2 nitrogen and oxygen atoms in total. The van der Waals surface area contributed by atoms with Gasteiger partial charge in [0.25, 0.3) is 0 Å². The van der Waals surface area contributed by atoms with E-state index in [2.05, 4.69) is 107 Å². The summed E-state index contributed by atoms with van der Waals surface area (Å²) in [6, 6.07) is 45.1. The fourth-order valence-electron chi connectivity index (χ4n) is 5.83. The van der Waals surface area contributed by atoms with Crippen LogP contribution in [-0.4, -0.2) is 9.55 Å². The first-order valence-corrected chi connectivity index (χ1v) is 14.5. The monoisotopic (exact) mass is 546 g/mol. The normalized spacial score (nSPS) is 11.5. The third kappa shape index (κ3) is 3.95. The smallest absolute Gasteiger partial charge is 0.147 e. The molecule has 2 aromatic heterocycles. The van der Waals surface area contributed by atoms with Gasteiger partial charge in [0.1, 0.15) is 11.6 Å². The first-order valence-electron chi connectivity index (χ1n) is 13.6. The Labute approximate surface area is 240 Å². The highest BCUT2D eigenvalue weighted by Crippen LogP contribution is 2.43. The van der Waals surface area contributed by atoms with E-state index in [9.17, 15) is 4.39 Å². The molecule has 0 saturated heterocycles. The molecule has 2 heterocycles. The maximum absolute atomic E-state index is 14.2. The summed E-state index contributed by atoms with van der Waals surface area (Å²) in [6.45, 7) is 0. The molecule has 0 saturated carbocycles. The summed E-state index contributed by atoms with van der Waals surface area (Å²) in [5.74, 6) is 0.638. The molecule has 8 rings (SSSR count). The van der Waals surface area contributed by atoms with Crippen LogP contribution in [0.2, 0.25) is 0 Å². The zero-order valence-corrected chi connectivity index (χ0v) is 22.8. The lowest BCUT2D eigenvalue weighted by atomic mass is 9.95. The second-order valence-electron chi connectivity index (χ2n) is 10.2. The van der Waals surface area contributed by atoms with Crippen LogP contribution in [0.25, 0.3) is 71.2 Å². The first-order chi connectivity index (χ1) is 20.2. The van der Waals surface area contributed by atoms with Gasteiger partial charge in [-0.3, -0.25) is 4.57 Å². The number of nitrogens with zero attached hydrogens (tertiary/aromatic N) is 2. The van der Waals surface area contributed by atoms with Gasteiger partial charge in [0, 0.05) is 32.2 Å². The van der Waals surface area contributed by atoms with Crippen LogP contribution in [0.4, 0.5) is 4.39 Å². The fourth-order valence-corrected chi connectivity index (χ4v) is 6.80. The molecular formula is C37H23FN2S. The summed E-state index contributed by atoms with van der Waals surface area (Å²) in [5.41, 5.74) is 8.62. The predicted molar refractivity (Wildman–Crippen MR) is 170 cm³/mol. The summed E-state index contributed by atoms with van der Waals surface area (Å²) in [4.78, 5) is 5.24. The number of hydrogen-bond acceptors (Lipinski definition) is 2. The summed E-state index contributed by atoms with van der Waals surface area (Å²) >= 11 is 1.70. The number of aromatic nitrogens is 2. The minimum atomic E-state index is -0.231. The molecule has 0 bridgehead atoms. The SMILES string of the molecule is Fc1ccc2cc3scc(-c4nc5ccccc5n4-c4c(-c5ccccc5)cccc4-c4ccccc4)c3cc2c1. The number of imidazole rings is 1. The molecule has 0 fully saturated rings. The molecule has 194 valence electrons. The number of thiophene rings is 1. The highest BCUT2D eigenvalue weighted by molar-refractivity contribution is 7.17. The van der Waals surface area contributed by atoms with Gasteiger partial charge in [-0.15, -0.1) is 11.3 Å². The minimum Gasteiger partial charge on any atom is -0.291 e. The van der Waals surface area contributed by atoms with E-state index in [-0.39, 0.29) is 5.82 Å². The number of fused-ring (bicyclic) bond motifs is 3. The highest BCUT2D eigenvalue weighted by Gasteiger charge is 2.23. The van der Waals surface area contributed by atoms with Gasteiger partial charge in [-0.25, -0.2) is 9.37 Å². The van der Waals surface area contributed by atoms with E-state index in [0.29, 0.717) is 0 Å². The van der Waals surface area contributed by atoms with Crippen molar-refractivity contribution in [2.24, 2.45) is 0 Å². The Balaban J connectivity index is 1.49. The van der Waals surface area contributed by atoms with Gasteiger partial charge in [-0.2, -0.15) is 0 Å². The quantitative estimate of drug-likeness (QED) is 0.215. The van der Waals surface area contributed by atoms with Gasteiger partial charge >= 0.3 is 0 Å². The van der Waals surface area contributed by atoms with Crippen LogP contribution in [0, 0.1) is 5.82 Å². The van der Waals surface area contributed by atoms with Crippen LogP contribution >= 0.6 is 11.3 Å². The molecule has 0 amide bonds. The average Bonchev–Trinajstić information content (AvgIpc) is 3.61. The molecule has 0 atom stereocenters. The maximum atomic E-state index is 14.2. The van der Waals surface area contributed by atoms with Crippen molar-refractivity contribution < 1.29 is 4.39 Å². The Hall–Kier alpha value is -5.06. The standard InChI is InChI=1S/C37H23FN2S/c38-28-19-18-26-22-35-31(21-27(26)20-28)32(23-41-35)37-39-33-16-7-8-17-34(33)40(37)36-29(24-10-3-1-4-11-24)14-9-15-30(36)25-12-5-2-6-13-25/h1-23H. The number of benzene rings is 6. The molecule has 0 aliphatic rings. The molecule has 6 aromatic carbocycles. The van der Waals surface area contributed by atoms with E-state index in [4.69, 9.17) is 4.98 Å². The third-order valence-electron chi connectivity index (χ3n) is 7.73. The zero-order valence-electron chi connectivity index (χ0n) is 22.0. The van der Waals surface area contributed by atoms with Crippen LogP contribution in [-0.2, 0) is 0 Å². The van der Waals surface area contributed by atoms with Crippen molar-refractivity contribution >= 4 is 43.2 Å². The topological polar surface area (TPSA) is 17.8 Å². The molecule has 0 radical (unpaired) electrons. The van der Waals surface area contributed by atoms with Crippen molar-refractivity contribution in [3.05, 3.63) is 145 Å². The van der Waals surface area contributed by atoms with Gasteiger partial charge in [0.15, 0.2) is 0 Å². The second-order valence-corrected chi connectivity index (χ2v) is 11.1. The van der Waals surface area contributed by atoms with E-state index >= 15 is 0 Å². The Bertz CT molecular complexity index is 2150. The van der Waals surface area contributed by atoms with Gasteiger partial charge < -0.3 is 0 Å². The van der Waals surface area contributed by atoms with Crippen molar-refractivity contribution in [3.8, 4) is 39.3 Å². The van der Waals surface area contributed by atoms with E-state index in [0.717, 1.165) is 71.2 Å². The van der Waals surface area contributed by atoms with Crippen molar-refractivity contribution in [2.45, 2.75) is 0 Å². The molecule has 0 unspecified atom stereocenters. The summed E-state index contributed by atoms with van der Waals surface area (Å²) in [6.07, 6.45) is 0. The van der Waals surface area contributed by atoms with E-state index < -0.39 is 0 Å². The Kier molecular flexibility index (Phi) is 5.54. The lowest BCUT2D eigenvalue weighted by Crippen LogP contribution is -2.03. The third-order valence-corrected chi connectivity index (χ3v) is 8.67. The molecule has 41 heavy (non-hydrogen) atoms. The van der Waals surface area contributed by atoms with Crippen molar-refractivity contribution in [3.63, 3.8) is 0 Å². The Morgan fingerprint density at radius 1 is 0.585 bits per heavy atom. The van der Waals surface area contributed by atoms with Gasteiger partial charge in [-0.05, 0) is 58.3 Å². The number of rotatable bonds is 4. The van der Waals surface area contributed by atoms with Crippen molar-refractivity contribution in [2.75, 3.05) is 0 Å². The van der Waals surface area contributed by atoms with Crippen molar-refractivity contribution in [1.29, 1.82) is 0 Å². The number of para-hydroxylation sites is 3. The van der Waals surface area contributed by atoms with E-state index in [1.807, 2.05) is 24.3 Å². The molecule has 0 spiro atoms. The number of hydrogen-bond donors (Lipinski definition) is 0. The number of halogens is 1. The van der Waals surface area contributed by atoms with Crippen LogP contribution in [0.5, 0.6) is 0 Å². The molecule has 0 N–H and O–H groups in total. The summed E-state index contributed by atoms with van der Waals surface area (Å²) < 4.78 is 17.7. The van der Waals surface area contributed by atoms with Crippen LogP contribution in [0.15, 0.2) is 139 Å². The van der Waals surface area contributed by atoms with Crippen LogP contribution in [0.1, 0.15) is 0 Å². The van der Waals surface area contributed by atoms with Crippen LogP contribution < -0.4 is 0 Å². The lowest BCUT2D eigenvalue weighted by Gasteiger charge is -2.19. The summed E-state index contributed by atoms with van der Waals surface area (Å²) in [7, 11) is 0. The molecule has 0 aliphatic heterocycles. The van der Waals surface area contributed by atoms with Gasteiger partial charge in [-0.1, -0.05) is 97.1 Å². The van der Waals surface area contributed by atoms with E-state index in [1.54, 1.807) is 17.4 Å². The fraction of sp³-hybridized carbons (Fsp3) is 0. The van der Waals surface area contributed by atoms with Gasteiger partial charge in [0.05, 0.1) is 16.7 Å². The maximum Gasteiger partial charge on any atom is 0.147 e. The first kappa shape index (κ1) is 23.8. The molecule has 8 aromatic rings. The minimum absolute atomic E-state index is 0.231. The van der Waals surface area contributed by atoms with E-state index in [1.165, 1.54) is 6.07 Å². The highest BCUT2D eigenvalue weighted by atomic mass is 32.1. The van der Waals surface area contributed by atoms with Crippen LogP contribution in [0.3, 0.4) is 0 Å². The average molecular weight is 547 g/mol. The predicted octanol–water partition coefficient (Wildman–Crippen LogP) is 10.5. The molecule has 4 heteroatoms. The molecule has 0 aliphatic carbocycles. The molecular weight excluding hydrogens is 523 g/mol.